The molecule has 0 aromatic heterocycles. The van der Waals surface area contributed by atoms with Crippen molar-refractivity contribution < 1.29 is 4.74 Å². The summed E-state index contributed by atoms with van der Waals surface area (Å²) < 4.78 is 6.11. The zero-order chi connectivity index (χ0) is 13.0. The Morgan fingerprint density at radius 2 is 2.11 bits per heavy atom. The van der Waals surface area contributed by atoms with Crippen LogP contribution in [0.3, 0.4) is 0 Å². The van der Waals surface area contributed by atoms with Crippen LogP contribution in [0.25, 0.3) is 0 Å². The van der Waals surface area contributed by atoms with Gasteiger partial charge < -0.3 is 15.0 Å². The van der Waals surface area contributed by atoms with Gasteiger partial charge in [-0.15, -0.1) is 0 Å². The molecule has 0 aliphatic carbocycles. The number of hydrogen-bond acceptors (Lipinski definition) is 3. The van der Waals surface area contributed by atoms with Crippen molar-refractivity contribution in [2.24, 2.45) is 5.92 Å². The minimum absolute atomic E-state index is 0.108. The first-order chi connectivity index (χ1) is 8.59. The number of ether oxygens (including phenoxy) is 1. The van der Waals surface area contributed by atoms with E-state index < -0.39 is 0 Å². The molecule has 1 N–H and O–H groups in total. The summed E-state index contributed by atoms with van der Waals surface area (Å²) in [5, 5.41) is 3.51. The molecule has 0 aromatic carbocycles. The Morgan fingerprint density at radius 1 is 1.28 bits per heavy atom. The van der Waals surface area contributed by atoms with Crippen LogP contribution < -0.4 is 5.32 Å². The second-order valence-electron chi connectivity index (χ2n) is 6.60. The second kappa shape index (κ2) is 6.36. The lowest BCUT2D eigenvalue weighted by Crippen LogP contribution is -2.41. The summed E-state index contributed by atoms with van der Waals surface area (Å²) in [5.74, 6) is 0.841. The monoisotopic (exact) mass is 254 g/mol. The molecule has 0 bridgehead atoms. The minimum atomic E-state index is 0.108. The number of likely N-dealkylation sites (N-methyl/N-ethyl adjacent to an activating group) is 1. The van der Waals surface area contributed by atoms with Crippen LogP contribution in [0.2, 0.25) is 0 Å². The second-order valence-corrected chi connectivity index (χ2v) is 6.60. The van der Waals surface area contributed by atoms with Gasteiger partial charge in [0.2, 0.25) is 0 Å². The molecule has 2 rings (SSSR count). The maximum absolute atomic E-state index is 6.11. The van der Waals surface area contributed by atoms with Crippen LogP contribution in [0.4, 0.5) is 0 Å². The first kappa shape index (κ1) is 14.3. The maximum atomic E-state index is 6.11. The molecule has 0 amide bonds. The van der Waals surface area contributed by atoms with E-state index in [9.17, 15) is 0 Å². The van der Waals surface area contributed by atoms with Crippen molar-refractivity contribution in [3.8, 4) is 0 Å². The molecule has 2 fully saturated rings. The minimum Gasteiger partial charge on any atom is -0.371 e. The molecular formula is C15H30N2O. The molecule has 18 heavy (non-hydrogen) atoms. The summed E-state index contributed by atoms with van der Waals surface area (Å²) in [7, 11) is 0. The van der Waals surface area contributed by atoms with Crippen molar-refractivity contribution >= 4 is 0 Å². The van der Waals surface area contributed by atoms with Crippen molar-refractivity contribution in [1.29, 1.82) is 0 Å². The van der Waals surface area contributed by atoms with Crippen LogP contribution in [0.1, 0.15) is 46.5 Å². The van der Waals surface area contributed by atoms with Crippen molar-refractivity contribution in [2.45, 2.75) is 58.2 Å². The van der Waals surface area contributed by atoms with E-state index in [2.05, 4.69) is 31.0 Å². The highest BCUT2D eigenvalue weighted by Crippen LogP contribution is 2.29. The average Bonchev–Trinajstić information content (AvgIpc) is 2.69. The molecule has 2 heterocycles. The summed E-state index contributed by atoms with van der Waals surface area (Å²) in [4.78, 5) is 2.59. The molecule has 0 aromatic rings. The normalized spacial score (nSPS) is 32.0. The number of hydrogen-bond donors (Lipinski definition) is 1. The van der Waals surface area contributed by atoms with Crippen LogP contribution >= 0.6 is 0 Å². The van der Waals surface area contributed by atoms with Gasteiger partial charge in [-0.2, -0.15) is 0 Å². The Labute approximate surface area is 112 Å². The SMILES string of the molecule is CCN(CC1CCCNC1)CC1CCC(C)(C)O1. The quantitative estimate of drug-likeness (QED) is 0.814. The fraction of sp³-hybridized carbons (Fsp3) is 1.00. The molecule has 0 radical (unpaired) electrons. The molecule has 0 saturated carbocycles. The molecule has 106 valence electrons. The summed E-state index contributed by atoms with van der Waals surface area (Å²) >= 11 is 0. The lowest BCUT2D eigenvalue weighted by Gasteiger charge is -2.31. The van der Waals surface area contributed by atoms with E-state index in [1.807, 2.05) is 0 Å². The predicted molar refractivity (Wildman–Crippen MR) is 75.9 cm³/mol. The summed E-state index contributed by atoms with van der Waals surface area (Å²) in [6, 6.07) is 0. The van der Waals surface area contributed by atoms with E-state index in [1.54, 1.807) is 0 Å². The molecule has 0 spiro atoms. The van der Waals surface area contributed by atoms with Crippen molar-refractivity contribution in [1.82, 2.24) is 10.2 Å². The van der Waals surface area contributed by atoms with E-state index in [-0.39, 0.29) is 5.60 Å². The number of nitrogens with one attached hydrogen (secondary N) is 1. The van der Waals surface area contributed by atoms with Gasteiger partial charge in [0.25, 0.3) is 0 Å². The van der Waals surface area contributed by atoms with Crippen molar-refractivity contribution in [3.05, 3.63) is 0 Å². The van der Waals surface area contributed by atoms with E-state index in [1.165, 1.54) is 45.3 Å². The molecule has 2 unspecified atom stereocenters. The molecular weight excluding hydrogens is 224 g/mol. The lowest BCUT2D eigenvalue weighted by atomic mass is 9.99. The zero-order valence-corrected chi connectivity index (χ0v) is 12.4. The number of rotatable bonds is 5. The van der Waals surface area contributed by atoms with Crippen LogP contribution in [0.5, 0.6) is 0 Å². The Bertz CT molecular complexity index is 249. The zero-order valence-electron chi connectivity index (χ0n) is 12.4. The summed E-state index contributed by atoms with van der Waals surface area (Å²) in [6.45, 7) is 12.6. The van der Waals surface area contributed by atoms with Crippen LogP contribution in [0, 0.1) is 5.92 Å². The van der Waals surface area contributed by atoms with E-state index in [0.717, 1.165) is 19.0 Å². The van der Waals surface area contributed by atoms with Gasteiger partial charge in [-0.1, -0.05) is 6.92 Å². The Morgan fingerprint density at radius 3 is 2.67 bits per heavy atom. The van der Waals surface area contributed by atoms with Crippen LogP contribution in [0.15, 0.2) is 0 Å². The Hall–Kier alpha value is -0.120. The van der Waals surface area contributed by atoms with Gasteiger partial charge in [0.15, 0.2) is 0 Å². The number of nitrogens with zero attached hydrogens (tertiary/aromatic N) is 1. The van der Waals surface area contributed by atoms with Gasteiger partial charge in [0.05, 0.1) is 11.7 Å². The van der Waals surface area contributed by atoms with Gasteiger partial charge in [-0.05, 0) is 65.1 Å². The average molecular weight is 254 g/mol. The highest BCUT2D eigenvalue weighted by molar-refractivity contribution is 4.83. The topological polar surface area (TPSA) is 24.5 Å². The fourth-order valence-corrected chi connectivity index (χ4v) is 3.27. The Kier molecular flexibility index (Phi) is 5.05. The highest BCUT2D eigenvalue weighted by atomic mass is 16.5. The van der Waals surface area contributed by atoms with Gasteiger partial charge in [-0.3, -0.25) is 0 Å². The summed E-state index contributed by atoms with van der Waals surface area (Å²) in [6.07, 6.45) is 5.62. The predicted octanol–water partition coefficient (Wildman–Crippen LogP) is 2.27. The smallest absolute Gasteiger partial charge is 0.0710 e. The van der Waals surface area contributed by atoms with Crippen LogP contribution in [-0.4, -0.2) is 49.3 Å². The van der Waals surface area contributed by atoms with Crippen LogP contribution in [-0.2, 0) is 4.74 Å². The first-order valence-corrected chi connectivity index (χ1v) is 7.70. The van der Waals surface area contributed by atoms with Crippen molar-refractivity contribution in [3.63, 3.8) is 0 Å². The van der Waals surface area contributed by atoms with E-state index >= 15 is 0 Å². The van der Waals surface area contributed by atoms with E-state index in [4.69, 9.17) is 4.74 Å². The van der Waals surface area contributed by atoms with Gasteiger partial charge in [0, 0.05) is 13.1 Å². The third kappa shape index (κ3) is 4.22. The molecule has 2 aliphatic rings. The van der Waals surface area contributed by atoms with Gasteiger partial charge >= 0.3 is 0 Å². The molecule has 3 nitrogen and oxygen atoms in total. The standard InChI is InChI=1S/C15H30N2O/c1-4-17(11-13-6-5-9-16-10-13)12-14-7-8-15(2,3)18-14/h13-14,16H,4-12H2,1-3H3. The fourth-order valence-electron chi connectivity index (χ4n) is 3.27. The summed E-state index contributed by atoms with van der Waals surface area (Å²) in [5.41, 5.74) is 0.108. The third-order valence-corrected chi connectivity index (χ3v) is 4.38. The number of piperidine rings is 1. The Balaban J connectivity index is 1.75. The third-order valence-electron chi connectivity index (χ3n) is 4.38. The van der Waals surface area contributed by atoms with Gasteiger partial charge in [-0.25, -0.2) is 0 Å². The molecule has 2 saturated heterocycles. The first-order valence-electron chi connectivity index (χ1n) is 7.70. The van der Waals surface area contributed by atoms with Gasteiger partial charge in [0.1, 0.15) is 0 Å². The molecule has 2 aliphatic heterocycles. The molecule has 3 heteroatoms. The highest BCUT2D eigenvalue weighted by Gasteiger charge is 2.32. The van der Waals surface area contributed by atoms with Crippen molar-refractivity contribution in [2.75, 3.05) is 32.7 Å². The largest absolute Gasteiger partial charge is 0.371 e. The maximum Gasteiger partial charge on any atom is 0.0710 e. The molecule has 2 atom stereocenters. The van der Waals surface area contributed by atoms with E-state index in [0.29, 0.717) is 6.10 Å². The lowest BCUT2D eigenvalue weighted by molar-refractivity contribution is -0.0298.